The van der Waals surface area contributed by atoms with Gasteiger partial charge < -0.3 is 20.0 Å². The number of likely N-dealkylation sites (N-methyl/N-ethyl adjacent to an activating group) is 1. The van der Waals surface area contributed by atoms with E-state index in [0.717, 1.165) is 12.8 Å². The number of hydrogen-bond acceptors (Lipinski definition) is 6. The first-order valence-electron chi connectivity index (χ1n) is 9.11. The molecule has 0 spiro atoms. The van der Waals surface area contributed by atoms with Crippen LogP contribution in [0.1, 0.15) is 32.6 Å². The maximum atomic E-state index is 12.1. The Morgan fingerprint density at radius 3 is 2.20 bits per heavy atom. The van der Waals surface area contributed by atoms with Gasteiger partial charge in [-0.25, -0.2) is 0 Å². The van der Waals surface area contributed by atoms with Gasteiger partial charge in [-0.05, 0) is 26.9 Å². The summed E-state index contributed by atoms with van der Waals surface area (Å²) < 4.78 is 0. The molecule has 1 aliphatic heterocycles. The molecular formula is C18H28N4O3. The molecule has 7 heteroatoms. The molecule has 2 fully saturated rings. The SMILES string of the molecule is CC(=O)N1CCN(c2c(NCC3(N(C)C)CCCC3)c(=O)c2=O)CC1. The molecule has 1 aromatic rings. The highest BCUT2D eigenvalue weighted by Crippen LogP contribution is 2.34. The smallest absolute Gasteiger partial charge is 0.253 e. The molecule has 1 saturated carbocycles. The summed E-state index contributed by atoms with van der Waals surface area (Å²) in [5, 5.41) is 3.29. The largest absolute Gasteiger partial charge is 0.378 e. The van der Waals surface area contributed by atoms with Crippen molar-refractivity contribution in [1.82, 2.24) is 9.80 Å². The van der Waals surface area contributed by atoms with Gasteiger partial charge in [-0.2, -0.15) is 0 Å². The van der Waals surface area contributed by atoms with Crippen molar-refractivity contribution in [3.8, 4) is 0 Å². The summed E-state index contributed by atoms with van der Waals surface area (Å²) >= 11 is 0. The maximum absolute atomic E-state index is 12.1. The van der Waals surface area contributed by atoms with E-state index in [-0.39, 0.29) is 11.4 Å². The molecule has 1 aromatic carbocycles. The van der Waals surface area contributed by atoms with Gasteiger partial charge in [-0.1, -0.05) is 12.8 Å². The lowest BCUT2D eigenvalue weighted by atomic mass is 9.95. The molecule has 0 radical (unpaired) electrons. The molecular weight excluding hydrogens is 320 g/mol. The number of carbonyl (C=O) groups excluding carboxylic acids is 1. The molecule has 1 heterocycles. The van der Waals surface area contributed by atoms with Gasteiger partial charge in [0.25, 0.3) is 10.9 Å². The minimum absolute atomic E-state index is 0.0529. The molecule has 1 aliphatic carbocycles. The molecule has 138 valence electrons. The number of hydrogen-bond donors (Lipinski definition) is 1. The predicted molar refractivity (Wildman–Crippen MR) is 99.2 cm³/mol. The maximum Gasteiger partial charge on any atom is 0.253 e. The number of amides is 1. The van der Waals surface area contributed by atoms with Crippen LogP contribution in [0.5, 0.6) is 0 Å². The van der Waals surface area contributed by atoms with Gasteiger partial charge in [0.15, 0.2) is 0 Å². The van der Waals surface area contributed by atoms with Crippen LogP contribution in [0.4, 0.5) is 11.4 Å². The number of rotatable bonds is 5. The second-order valence-electron chi connectivity index (χ2n) is 7.55. The van der Waals surface area contributed by atoms with Crippen LogP contribution in [-0.2, 0) is 4.79 Å². The first-order valence-corrected chi connectivity index (χ1v) is 9.11. The molecule has 0 aromatic heterocycles. The molecule has 7 nitrogen and oxygen atoms in total. The van der Waals surface area contributed by atoms with Crippen LogP contribution in [0.3, 0.4) is 0 Å². The van der Waals surface area contributed by atoms with Crippen LogP contribution >= 0.6 is 0 Å². The van der Waals surface area contributed by atoms with E-state index in [9.17, 15) is 14.4 Å². The summed E-state index contributed by atoms with van der Waals surface area (Å²) in [6.07, 6.45) is 4.61. The fourth-order valence-corrected chi connectivity index (χ4v) is 4.16. The zero-order valence-electron chi connectivity index (χ0n) is 15.4. The summed E-state index contributed by atoms with van der Waals surface area (Å²) in [6.45, 7) is 4.62. The highest BCUT2D eigenvalue weighted by atomic mass is 16.2. The standard InChI is InChI=1S/C18H28N4O3/c1-13(23)21-8-10-22(11-9-21)15-14(16(24)17(15)25)19-12-18(20(2)3)6-4-5-7-18/h19H,4-12H2,1-3H3. The van der Waals surface area contributed by atoms with Gasteiger partial charge in [0.1, 0.15) is 11.4 Å². The van der Waals surface area contributed by atoms with Gasteiger partial charge in [0, 0.05) is 45.2 Å². The highest BCUT2D eigenvalue weighted by molar-refractivity contribution is 5.77. The molecule has 1 N–H and O–H groups in total. The summed E-state index contributed by atoms with van der Waals surface area (Å²) in [7, 11) is 4.16. The molecule has 0 bridgehead atoms. The minimum atomic E-state index is -0.407. The fraction of sp³-hybridized carbons (Fsp3) is 0.722. The summed E-state index contributed by atoms with van der Waals surface area (Å²) in [5.74, 6) is 0.0529. The Hall–Kier alpha value is -1.89. The second-order valence-corrected chi connectivity index (χ2v) is 7.55. The number of nitrogens with one attached hydrogen (secondary N) is 1. The fourth-order valence-electron chi connectivity index (χ4n) is 4.16. The molecule has 1 saturated heterocycles. The number of piperazine rings is 1. The van der Waals surface area contributed by atoms with Crippen molar-refractivity contribution in [3.63, 3.8) is 0 Å². The Morgan fingerprint density at radius 2 is 1.68 bits per heavy atom. The van der Waals surface area contributed by atoms with Crippen LogP contribution in [-0.4, -0.2) is 68.1 Å². The molecule has 25 heavy (non-hydrogen) atoms. The van der Waals surface area contributed by atoms with Crippen LogP contribution in [0.2, 0.25) is 0 Å². The van der Waals surface area contributed by atoms with Crippen LogP contribution in [0.25, 0.3) is 0 Å². The van der Waals surface area contributed by atoms with Crippen molar-refractivity contribution in [2.24, 2.45) is 0 Å². The first kappa shape index (κ1) is 17.9. The van der Waals surface area contributed by atoms with Gasteiger partial charge in [-0.3, -0.25) is 14.4 Å². The van der Waals surface area contributed by atoms with Gasteiger partial charge in [0.05, 0.1) is 0 Å². The van der Waals surface area contributed by atoms with E-state index in [1.54, 1.807) is 11.8 Å². The molecule has 0 unspecified atom stereocenters. The van der Waals surface area contributed by atoms with Crippen molar-refractivity contribution >= 4 is 17.3 Å². The third kappa shape index (κ3) is 3.17. The highest BCUT2D eigenvalue weighted by Gasteiger charge is 2.37. The van der Waals surface area contributed by atoms with Crippen LogP contribution in [0, 0.1) is 0 Å². The molecule has 0 atom stereocenters. The van der Waals surface area contributed by atoms with Crippen molar-refractivity contribution < 1.29 is 4.79 Å². The van der Waals surface area contributed by atoms with E-state index in [1.807, 2.05) is 4.90 Å². The van der Waals surface area contributed by atoms with Crippen molar-refractivity contribution in [2.45, 2.75) is 38.1 Å². The summed E-state index contributed by atoms with van der Waals surface area (Å²) in [4.78, 5) is 41.6. The monoisotopic (exact) mass is 348 g/mol. The van der Waals surface area contributed by atoms with Crippen molar-refractivity contribution in [1.29, 1.82) is 0 Å². The summed E-state index contributed by atoms with van der Waals surface area (Å²) in [5.41, 5.74) is 0.235. The molecule has 2 aliphatic rings. The average molecular weight is 348 g/mol. The van der Waals surface area contributed by atoms with E-state index < -0.39 is 10.9 Å². The van der Waals surface area contributed by atoms with Gasteiger partial charge >= 0.3 is 0 Å². The van der Waals surface area contributed by atoms with Crippen molar-refractivity contribution in [2.75, 3.05) is 57.0 Å². The zero-order valence-corrected chi connectivity index (χ0v) is 15.4. The topological polar surface area (TPSA) is 73.0 Å². The lowest BCUT2D eigenvalue weighted by Crippen LogP contribution is -2.53. The zero-order chi connectivity index (χ0) is 18.2. The Morgan fingerprint density at radius 1 is 1.08 bits per heavy atom. The number of nitrogens with zero attached hydrogens (tertiary/aromatic N) is 3. The quantitative estimate of drug-likeness (QED) is 0.769. The molecule has 3 rings (SSSR count). The molecule has 1 amide bonds. The average Bonchev–Trinajstić information content (AvgIpc) is 3.08. The normalized spacial score (nSPS) is 20.5. The van der Waals surface area contributed by atoms with E-state index in [2.05, 4.69) is 24.3 Å². The van der Waals surface area contributed by atoms with E-state index in [4.69, 9.17) is 0 Å². The van der Waals surface area contributed by atoms with Crippen LogP contribution < -0.4 is 21.1 Å². The number of carbonyl (C=O) groups is 1. The third-order valence-electron chi connectivity index (χ3n) is 6.00. The van der Waals surface area contributed by atoms with Gasteiger partial charge in [-0.15, -0.1) is 0 Å². The Labute approximate surface area is 148 Å². The number of anilines is 2. The predicted octanol–water partition coefficient (Wildman–Crippen LogP) is 0.237. The second kappa shape index (κ2) is 6.78. The Balaban J connectivity index is 1.70. The lowest BCUT2D eigenvalue weighted by Gasteiger charge is -2.39. The Kier molecular flexibility index (Phi) is 4.86. The van der Waals surface area contributed by atoms with E-state index >= 15 is 0 Å². The Bertz CT molecular complexity index is 706. The first-order chi connectivity index (χ1) is 11.9. The van der Waals surface area contributed by atoms with E-state index in [1.165, 1.54) is 12.8 Å². The van der Waals surface area contributed by atoms with Gasteiger partial charge in [0.2, 0.25) is 5.91 Å². The van der Waals surface area contributed by atoms with Crippen molar-refractivity contribution in [3.05, 3.63) is 20.4 Å². The summed E-state index contributed by atoms with van der Waals surface area (Å²) in [6, 6.07) is 0. The van der Waals surface area contributed by atoms with Crippen LogP contribution in [0.15, 0.2) is 9.59 Å². The lowest BCUT2D eigenvalue weighted by molar-refractivity contribution is -0.129. The van der Waals surface area contributed by atoms with E-state index in [0.29, 0.717) is 44.1 Å². The third-order valence-corrected chi connectivity index (χ3v) is 6.00. The minimum Gasteiger partial charge on any atom is -0.378 e.